The van der Waals surface area contributed by atoms with E-state index in [1.807, 2.05) is 12.1 Å². The molecule has 0 bridgehead atoms. The molecule has 0 aliphatic heterocycles. The fraction of sp³-hybridized carbons (Fsp3) is 0.552. The highest BCUT2D eigenvalue weighted by atomic mass is 16.6. The van der Waals surface area contributed by atoms with Gasteiger partial charge in [0.05, 0.1) is 15.9 Å². The lowest BCUT2D eigenvalue weighted by Gasteiger charge is -2.05. The van der Waals surface area contributed by atoms with E-state index < -0.39 is 27.0 Å². The Bertz CT molecular complexity index is 940. The lowest BCUT2D eigenvalue weighted by Crippen LogP contribution is -2.04. The van der Waals surface area contributed by atoms with Crippen molar-refractivity contribution in [1.29, 1.82) is 0 Å². The number of carbonyl (C=O) groups is 1. The number of carbonyl (C=O) groups excluding carboxylic acids is 1. The number of hydrogen-bond donors (Lipinski definition) is 0. The average Bonchev–Trinajstić information content (AvgIpc) is 2.88. The average molecular weight is 497 g/mol. The van der Waals surface area contributed by atoms with Gasteiger partial charge >= 0.3 is 0 Å². The number of benzene rings is 2. The first-order valence-corrected chi connectivity index (χ1v) is 13.5. The van der Waals surface area contributed by atoms with Crippen molar-refractivity contribution in [3.63, 3.8) is 0 Å². The Hall–Kier alpha value is -3.09. The first-order valence-electron chi connectivity index (χ1n) is 13.5. The van der Waals surface area contributed by atoms with Crippen LogP contribution in [0.4, 0.5) is 11.4 Å². The summed E-state index contributed by atoms with van der Waals surface area (Å²) in [6.07, 6.45) is 19.4. The first kappa shape index (κ1) is 29.1. The molecule has 0 spiro atoms. The number of nitro groups is 2. The van der Waals surface area contributed by atoms with Crippen molar-refractivity contribution < 1.29 is 14.6 Å². The molecule has 196 valence electrons. The fourth-order valence-electron chi connectivity index (χ4n) is 4.45. The van der Waals surface area contributed by atoms with E-state index in [0.717, 1.165) is 36.6 Å². The van der Waals surface area contributed by atoms with Gasteiger partial charge in [-0.2, -0.15) is 0 Å². The van der Waals surface area contributed by atoms with Gasteiger partial charge in [0.15, 0.2) is 5.78 Å². The molecule has 0 saturated heterocycles. The summed E-state index contributed by atoms with van der Waals surface area (Å²) in [6, 6.07) is 10.2. The van der Waals surface area contributed by atoms with E-state index in [2.05, 4.69) is 6.92 Å². The number of aryl methyl sites for hydroxylation is 1. The zero-order valence-electron chi connectivity index (χ0n) is 21.6. The van der Waals surface area contributed by atoms with Crippen LogP contribution in [0.15, 0.2) is 42.5 Å². The summed E-state index contributed by atoms with van der Waals surface area (Å²) in [5.74, 6) is -0.468. The molecular formula is C29H40N2O5. The lowest BCUT2D eigenvalue weighted by molar-refractivity contribution is -0.394. The normalized spacial score (nSPS) is 10.9. The monoisotopic (exact) mass is 496 g/mol. The molecule has 0 fully saturated rings. The van der Waals surface area contributed by atoms with E-state index in [0.29, 0.717) is 5.56 Å². The molecule has 0 amide bonds. The van der Waals surface area contributed by atoms with Crippen LogP contribution < -0.4 is 0 Å². The quantitative estimate of drug-likeness (QED) is 0.0836. The van der Waals surface area contributed by atoms with E-state index in [-0.39, 0.29) is 5.56 Å². The molecule has 0 atom stereocenters. The van der Waals surface area contributed by atoms with Crippen LogP contribution in [0.5, 0.6) is 0 Å². The Morgan fingerprint density at radius 3 is 1.44 bits per heavy atom. The van der Waals surface area contributed by atoms with Crippen molar-refractivity contribution in [2.24, 2.45) is 0 Å². The molecule has 0 saturated carbocycles. The molecule has 0 unspecified atom stereocenters. The van der Waals surface area contributed by atoms with Gasteiger partial charge in [-0.3, -0.25) is 25.0 Å². The van der Waals surface area contributed by atoms with Crippen LogP contribution in [0.25, 0.3) is 0 Å². The molecule has 2 aromatic rings. The first-order chi connectivity index (χ1) is 17.4. The number of hydrogen-bond acceptors (Lipinski definition) is 5. The molecule has 2 aromatic carbocycles. The molecule has 0 radical (unpaired) electrons. The predicted octanol–water partition coefficient (Wildman–Crippen LogP) is 8.76. The summed E-state index contributed by atoms with van der Waals surface area (Å²) >= 11 is 0. The Kier molecular flexibility index (Phi) is 13.4. The number of unbranched alkanes of at least 4 members (excludes halogenated alkanes) is 13. The van der Waals surface area contributed by atoms with Crippen molar-refractivity contribution in [3.8, 4) is 0 Å². The molecule has 0 N–H and O–H groups in total. The number of ketones is 1. The second kappa shape index (κ2) is 16.6. The highest BCUT2D eigenvalue weighted by molar-refractivity contribution is 6.09. The molecule has 0 aromatic heterocycles. The van der Waals surface area contributed by atoms with E-state index in [1.54, 1.807) is 12.1 Å². The van der Waals surface area contributed by atoms with E-state index in [1.165, 1.54) is 83.5 Å². The maximum absolute atomic E-state index is 12.8. The SMILES string of the molecule is CCCCCCCCCCCCCCCCc1ccc(C(=O)c2cc([N+](=O)[O-])cc([N+](=O)[O-])c2)cc1. The minimum absolute atomic E-state index is 0.0596. The highest BCUT2D eigenvalue weighted by Gasteiger charge is 2.20. The molecule has 0 aliphatic rings. The van der Waals surface area contributed by atoms with Gasteiger partial charge in [0.25, 0.3) is 11.4 Å². The van der Waals surface area contributed by atoms with Gasteiger partial charge in [0, 0.05) is 23.3 Å². The molecule has 0 heterocycles. The Labute approximate surface area is 214 Å². The Morgan fingerprint density at radius 2 is 1.03 bits per heavy atom. The van der Waals surface area contributed by atoms with Crippen LogP contribution in [0.2, 0.25) is 0 Å². The van der Waals surface area contributed by atoms with Gasteiger partial charge in [0.2, 0.25) is 0 Å². The smallest absolute Gasteiger partial charge is 0.277 e. The second-order valence-corrected chi connectivity index (χ2v) is 9.62. The Morgan fingerprint density at radius 1 is 0.611 bits per heavy atom. The molecule has 7 heteroatoms. The maximum Gasteiger partial charge on any atom is 0.277 e. The third-order valence-corrected chi connectivity index (χ3v) is 6.62. The van der Waals surface area contributed by atoms with Crippen LogP contribution in [0, 0.1) is 20.2 Å². The number of nitro benzene ring substituents is 2. The van der Waals surface area contributed by atoms with Gasteiger partial charge in [-0.25, -0.2) is 0 Å². The van der Waals surface area contributed by atoms with Gasteiger partial charge in [-0.15, -0.1) is 0 Å². The largest absolute Gasteiger partial charge is 0.289 e. The third kappa shape index (κ3) is 10.7. The second-order valence-electron chi connectivity index (χ2n) is 9.62. The van der Waals surface area contributed by atoms with Crippen molar-refractivity contribution in [1.82, 2.24) is 0 Å². The van der Waals surface area contributed by atoms with Crippen LogP contribution >= 0.6 is 0 Å². The predicted molar refractivity (Wildman–Crippen MR) is 144 cm³/mol. The van der Waals surface area contributed by atoms with Gasteiger partial charge in [0.1, 0.15) is 0 Å². The third-order valence-electron chi connectivity index (χ3n) is 6.62. The Balaban J connectivity index is 1.66. The fourth-order valence-corrected chi connectivity index (χ4v) is 4.45. The summed E-state index contributed by atoms with van der Waals surface area (Å²) in [6.45, 7) is 2.26. The van der Waals surface area contributed by atoms with Crippen molar-refractivity contribution >= 4 is 17.2 Å². The maximum atomic E-state index is 12.8. The summed E-state index contributed by atoms with van der Waals surface area (Å²) in [5.41, 5.74) is 0.490. The van der Waals surface area contributed by atoms with Crippen LogP contribution in [0.3, 0.4) is 0 Å². The molecule has 2 rings (SSSR count). The van der Waals surface area contributed by atoms with Gasteiger partial charge in [-0.1, -0.05) is 115 Å². The molecular weight excluding hydrogens is 456 g/mol. The molecule has 36 heavy (non-hydrogen) atoms. The van der Waals surface area contributed by atoms with E-state index in [4.69, 9.17) is 0 Å². The van der Waals surface area contributed by atoms with Gasteiger partial charge in [-0.05, 0) is 18.4 Å². The van der Waals surface area contributed by atoms with Crippen molar-refractivity contribution in [3.05, 3.63) is 79.4 Å². The molecule has 0 aliphatic carbocycles. The number of rotatable bonds is 19. The lowest BCUT2D eigenvalue weighted by atomic mass is 9.99. The molecule has 7 nitrogen and oxygen atoms in total. The summed E-state index contributed by atoms with van der Waals surface area (Å²) in [5, 5.41) is 22.2. The van der Waals surface area contributed by atoms with Crippen LogP contribution in [-0.2, 0) is 6.42 Å². The zero-order chi connectivity index (χ0) is 26.2. The number of nitrogens with zero attached hydrogens (tertiary/aromatic N) is 2. The summed E-state index contributed by atoms with van der Waals surface area (Å²) in [4.78, 5) is 33.4. The van der Waals surface area contributed by atoms with Crippen molar-refractivity contribution in [2.45, 2.75) is 103 Å². The topological polar surface area (TPSA) is 103 Å². The zero-order valence-corrected chi connectivity index (χ0v) is 21.6. The summed E-state index contributed by atoms with van der Waals surface area (Å²) < 4.78 is 0. The minimum Gasteiger partial charge on any atom is -0.289 e. The highest BCUT2D eigenvalue weighted by Crippen LogP contribution is 2.25. The van der Waals surface area contributed by atoms with E-state index in [9.17, 15) is 25.0 Å². The van der Waals surface area contributed by atoms with Crippen molar-refractivity contribution in [2.75, 3.05) is 0 Å². The van der Waals surface area contributed by atoms with Crippen LogP contribution in [-0.4, -0.2) is 15.6 Å². The van der Waals surface area contributed by atoms with Gasteiger partial charge < -0.3 is 0 Å². The minimum atomic E-state index is -0.733. The van der Waals surface area contributed by atoms with E-state index >= 15 is 0 Å². The number of non-ortho nitro benzene ring substituents is 2. The van der Waals surface area contributed by atoms with Crippen LogP contribution in [0.1, 0.15) is 118 Å². The summed E-state index contributed by atoms with van der Waals surface area (Å²) in [7, 11) is 0. The standard InChI is InChI=1S/C29H40N2O5/c1-2-3-4-5-6-7-8-9-10-11-12-13-14-15-16-24-17-19-25(20-18-24)29(32)26-21-27(30(33)34)23-28(22-26)31(35)36/h17-23H,2-16H2,1H3.